The molecular weight excluding hydrogens is 243 g/mol. The second-order valence-corrected chi connectivity index (χ2v) is 1.93. The van der Waals surface area contributed by atoms with Gasteiger partial charge in [0.2, 0.25) is 0 Å². The number of hydrogen-bond donors (Lipinski definition) is 2. The second-order valence-electron chi connectivity index (χ2n) is 1.93. The molecule has 1 radical (unpaired) electrons. The van der Waals surface area contributed by atoms with Crippen LogP contribution in [0.15, 0.2) is 26.3 Å². The van der Waals surface area contributed by atoms with E-state index in [1.54, 1.807) is 13.8 Å². The van der Waals surface area contributed by atoms with Crippen molar-refractivity contribution in [2.24, 2.45) is 0 Å². The predicted octanol–water partition coefficient (Wildman–Crippen LogP) is 1.74. The van der Waals surface area contributed by atoms with Crippen LogP contribution in [-0.2, 0) is 19.5 Å². The monoisotopic (exact) mass is 263 g/mol. The molecule has 77 valence electrons. The van der Waals surface area contributed by atoms with Crippen molar-refractivity contribution in [3.05, 3.63) is 26.3 Å². The fourth-order valence-electron chi connectivity index (χ4n) is 0.494. The molecule has 0 aromatic heterocycles. The van der Waals surface area contributed by atoms with E-state index in [1.807, 2.05) is 0 Å². The average molecular weight is 263 g/mol. The Balaban J connectivity index is -0.0000000560. The third kappa shape index (κ3) is 50.4. The molecule has 0 bridgehead atoms. The number of aliphatic hydroxyl groups excluding tert-OH is 2. The van der Waals surface area contributed by atoms with Crippen LogP contribution in [0.25, 0.3) is 0 Å². The SMILES string of the molecule is C=C.C=C.CC(O)CC(C)O.[Rh]. The second kappa shape index (κ2) is 22.5. The zero-order valence-corrected chi connectivity index (χ0v) is 9.56. The van der Waals surface area contributed by atoms with Gasteiger partial charge in [-0.05, 0) is 20.3 Å². The summed E-state index contributed by atoms with van der Waals surface area (Å²) in [5.41, 5.74) is 0. The van der Waals surface area contributed by atoms with Gasteiger partial charge in [-0.1, -0.05) is 0 Å². The molecule has 2 unspecified atom stereocenters. The zero-order valence-electron chi connectivity index (χ0n) is 7.92. The van der Waals surface area contributed by atoms with Crippen molar-refractivity contribution < 1.29 is 29.7 Å². The Morgan fingerprint density at radius 2 is 1.08 bits per heavy atom. The van der Waals surface area contributed by atoms with Crippen molar-refractivity contribution in [1.29, 1.82) is 0 Å². The molecule has 0 aliphatic heterocycles. The molecule has 0 saturated heterocycles. The van der Waals surface area contributed by atoms with Crippen LogP contribution >= 0.6 is 0 Å². The van der Waals surface area contributed by atoms with Crippen LogP contribution in [0.3, 0.4) is 0 Å². The Hall–Kier alpha value is 0.0234. The molecular formula is C9H20O2Rh. The van der Waals surface area contributed by atoms with E-state index >= 15 is 0 Å². The summed E-state index contributed by atoms with van der Waals surface area (Å²) in [5.74, 6) is 0. The van der Waals surface area contributed by atoms with Gasteiger partial charge in [-0.3, -0.25) is 0 Å². The van der Waals surface area contributed by atoms with Gasteiger partial charge in [0.1, 0.15) is 0 Å². The van der Waals surface area contributed by atoms with Gasteiger partial charge in [0, 0.05) is 19.5 Å². The smallest absolute Gasteiger partial charge is 0.0536 e. The van der Waals surface area contributed by atoms with E-state index in [-0.39, 0.29) is 31.7 Å². The van der Waals surface area contributed by atoms with E-state index < -0.39 is 0 Å². The summed E-state index contributed by atoms with van der Waals surface area (Å²) >= 11 is 0. The van der Waals surface area contributed by atoms with Crippen LogP contribution in [0.4, 0.5) is 0 Å². The molecule has 0 fully saturated rings. The summed E-state index contributed by atoms with van der Waals surface area (Å²) in [4.78, 5) is 0. The van der Waals surface area contributed by atoms with E-state index in [0.717, 1.165) is 0 Å². The standard InChI is InChI=1S/C5H12O2.2C2H4.Rh/c1-4(6)3-5(2)7;2*1-2;/h4-7H,3H2,1-2H3;2*1-2H2;. The summed E-state index contributed by atoms with van der Waals surface area (Å²) in [6, 6.07) is 0. The third-order valence-electron chi connectivity index (χ3n) is 0.682. The molecule has 0 aliphatic rings. The number of hydrogen-bond acceptors (Lipinski definition) is 2. The molecule has 3 heteroatoms. The summed E-state index contributed by atoms with van der Waals surface area (Å²) in [6.07, 6.45) is -0.278. The molecule has 12 heavy (non-hydrogen) atoms. The van der Waals surface area contributed by atoms with Crippen LogP contribution in [-0.4, -0.2) is 22.4 Å². The molecule has 0 aromatic rings. The fourth-order valence-corrected chi connectivity index (χ4v) is 0.494. The van der Waals surface area contributed by atoms with Gasteiger partial charge in [0.15, 0.2) is 0 Å². The third-order valence-corrected chi connectivity index (χ3v) is 0.682. The van der Waals surface area contributed by atoms with Crippen LogP contribution in [0.2, 0.25) is 0 Å². The molecule has 2 atom stereocenters. The van der Waals surface area contributed by atoms with Crippen molar-refractivity contribution in [3.8, 4) is 0 Å². The Morgan fingerprint density at radius 3 is 1.08 bits per heavy atom. The van der Waals surface area contributed by atoms with E-state index in [1.165, 1.54) is 0 Å². The maximum absolute atomic E-state index is 8.56. The summed E-state index contributed by atoms with van der Waals surface area (Å²) in [5, 5.41) is 17.1. The van der Waals surface area contributed by atoms with E-state index in [0.29, 0.717) is 6.42 Å². The van der Waals surface area contributed by atoms with Crippen molar-refractivity contribution >= 4 is 0 Å². The van der Waals surface area contributed by atoms with Gasteiger partial charge >= 0.3 is 0 Å². The van der Waals surface area contributed by atoms with E-state index in [4.69, 9.17) is 10.2 Å². The molecule has 2 N–H and O–H groups in total. The topological polar surface area (TPSA) is 40.5 Å². The maximum Gasteiger partial charge on any atom is 0.0536 e. The van der Waals surface area contributed by atoms with Crippen LogP contribution in [0.5, 0.6) is 0 Å². The first-order chi connectivity index (χ1) is 5.13. The van der Waals surface area contributed by atoms with Crippen LogP contribution in [0.1, 0.15) is 20.3 Å². The quantitative estimate of drug-likeness (QED) is 0.588. The first-order valence-electron chi connectivity index (χ1n) is 3.49. The molecule has 0 spiro atoms. The number of rotatable bonds is 2. The average Bonchev–Trinajstić information content (AvgIpc) is 1.93. The minimum absolute atomic E-state index is 0. The first kappa shape index (κ1) is 22.7. The van der Waals surface area contributed by atoms with Gasteiger partial charge in [-0.25, -0.2) is 0 Å². The Bertz CT molecular complexity index is 57.5. The number of aliphatic hydroxyl groups is 2. The van der Waals surface area contributed by atoms with Gasteiger partial charge in [-0.2, -0.15) is 0 Å². The first-order valence-corrected chi connectivity index (χ1v) is 3.49. The predicted molar refractivity (Wildman–Crippen MR) is 50.5 cm³/mol. The minimum atomic E-state index is -0.375. The minimum Gasteiger partial charge on any atom is -0.393 e. The van der Waals surface area contributed by atoms with Crippen molar-refractivity contribution in [3.63, 3.8) is 0 Å². The van der Waals surface area contributed by atoms with Gasteiger partial charge in [0.25, 0.3) is 0 Å². The van der Waals surface area contributed by atoms with Crippen LogP contribution < -0.4 is 0 Å². The van der Waals surface area contributed by atoms with Gasteiger partial charge in [-0.15, -0.1) is 26.3 Å². The van der Waals surface area contributed by atoms with Crippen molar-refractivity contribution in [1.82, 2.24) is 0 Å². The summed E-state index contributed by atoms with van der Waals surface area (Å²) in [7, 11) is 0. The normalized spacial score (nSPS) is 11.7. The largest absolute Gasteiger partial charge is 0.393 e. The molecule has 0 saturated carbocycles. The molecule has 2 nitrogen and oxygen atoms in total. The Kier molecular flexibility index (Phi) is 42.5. The molecule has 0 rings (SSSR count). The molecule has 0 aromatic carbocycles. The van der Waals surface area contributed by atoms with Gasteiger partial charge < -0.3 is 10.2 Å². The van der Waals surface area contributed by atoms with Gasteiger partial charge in [0.05, 0.1) is 12.2 Å². The molecule has 0 amide bonds. The van der Waals surface area contributed by atoms with Crippen molar-refractivity contribution in [2.75, 3.05) is 0 Å². The Morgan fingerprint density at radius 1 is 0.917 bits per heavy atom. The molecule has 0 aliphatic carbocycles. The fraction of sp³-hybridized carbons (Fsp3) is 0.556. The summed E-state index contributed by atoms with van der Waals surface area (Å²) < 4.78 is 0. The van der Waals surface area contributed by atoms with E-state index in [2.05, 4.69) is 26.3 Å². The van der Waals surface area contributed by atoms with E-state index in [9.17, 15) is 0 Å². The van der Waals surface area contributed by atoms with Crippen LogP contribution in [0, 0.1) is 0 Å². The zero-order chi connectivity index (χ0) is 9.86. The maximum atomic E-state index is 8.56. The Labute approximate surface area is 88.8 Å². The molecule has 0 heterocycles. The summed E-state index contributed by atoms with van der Waals surface area (Å²) in [6.45, 7) is 15.3. The van der Waals surface area contributed by atoms with Crippen molar-refractivity contribution in [2.45, 2.75) is 32.5 Å².